The van der Waals surface area contributed by atoms with E-state index in [0.29, 0.717) is 25.5 Å². The van der Waals surface area contributed by atoms with Crippen LogP contribution in [0.25, 0.3) is 0 Å². The quantitative estimate of drug-likeness (QED) is 0.774. The zero-order chi connectivity index (χ0) is 16.1. The summed E-state index contributed by atoms with van der Waals surface area (Å²) in [5.41, 5.74) is 2.20. The Hall–Kier alpha value is -2.21. The van der Waals surface area contributed by atoms with Gasteiger partial charge in [-0.1, -0.05) is 6.07 Å². The van der Waals surface area contributed by atoms with Crippen LogP contribution in [-0.2, 0) is 22.5 Å². The van der Waals surface area contributed by atoms with Crippen LogP contribution < -0.4 is 0 Å². The lowest BCUT2D eigenvalue weighted by Gasteiger charge is -2.15. The zero-order valence-corrected chi connectivity index (χ0v) is 13.4. The third-order valence-corrected chi connectivity index (χ3v) is 4.17. The molecule has 2 aromatic rings. The van der Waals surface area contributed by atoms with Gasteiger partial charge in [-0.3, -0.25) is 9.78 Å². The summed E-state index contributed by atoms with van der Waals surface area (Å²) in [6.07, 6.45) is 8.88. The number of methoxy groups -OCH3 is 1. The Balaban J connectivity index is 1.53. The Kier molecular flexibility index (Phi) is 5.02. The normalized spacial score (nSPS) is 17.9. The molecule has 23 heavy (non-hydrogen) atoms. The molecule has 0 saturated carbocycles. The van der Waals surface area contributed by atoms with Crippen molar-refractivity contribution in [2.24, 2.45) is 5.92 Å². The molecule has 0 spiro atoms. The minimum Gasteiger partial charge on any atom is -0.383 e. The van der Waals surface area contributed by atoms with Gasteiger partial charge in [-0.05, 0) is 24.0 Å². The summed E-state index contributed by atoms with van der Waals surface area (Å²) in [4.78, 5) is 22.4. The van der Waals surface area contributed by atoms with Crippen molar-refractivity contribution >= 4 is 5.91 Å². The first-order valence-electron chi connectivity index (χ1n) is 7.91. The molecular weight excluding hydrogens is 292 g/mol. The maximum absolute atomic E-state index is 12.0. The highest BCUT2D eigenvalue weighted by Crippen LogP contribution is 2.21. The predicted molar refractivity (Wildman–Crippen MR) is 85.8 cm³/mol. The summed E-state index contributed by atoms with van der Waals surface area (Å²) in [6, 6.07) is 4.16. The fourth-order valence-corrected chi connectivity index (χ4v) is 2.96. The van der Waals surface area contributed by atoms with Gasteiger partial charge in [0, 0.05) is 57.4 Å². The van der Waals surface area contributed by atoms with Crippen LogP contribution in [0.5, 0.6) is 0 Å². The first-order chi connectivity index (χ1) is 11.2. The highest BCUT2D eigenvalue weighted by molar-refractivity contribution is 5.78. The number of imidazole rings is 1. The number of pyridine rings is 1. The number of ether oxygens (including phenoxy) is 1. The van der Waals surface area contributed by atoms with E-state index in [2.05, 4.69) is 22.1 Å². The van der Waals surface area contributed by atoms with Crippen LogP contribution in [-0.4, -0.2) is 52.1 Å². The topological polar surface area (TPSA) is 60.2 Å². The molecule has 0 bridgehead atoms. The van der Waals surface area contributed by atoms with Gasteiger partial charge in [0.05, 0.1) is 12.9 Å². The molecular formula is C17H22N4O2. The Morgan fingerprint density at radius 1 is 1.39 bits per heavy atom. The molecule has 0 aromatic carbocycles. The van der Waals surface area contributed by atoms with E-state index in [9.17, 15) is 4.79 Å². The Bertz CT molecular complexity index is 625. The molecule has 1 aliphatic heterocycles. The molecule has 122 valence electrons. The van der Waals surface area contributed by atoms with E-state index in [-0.39, 0.29) is 5.91 Å². The highest BCUT2D eigenvalue weighted by atomic mass is 16.5. The lowest BCUT2D eigenvalue weighted by molar-refractivity contribution is -0.128. The van der Waals surface area contributed by atoms with Crippen LogP contribution in [0.3, 0.4) is 0 Å². The lowest BCUT2D eigenvalue weighted by Crippen LogP contribution is -2.28. The van der Waals surface area contributed by atoms with Crippen molar-refractivity contribution in [3.05, 3.63) is 48.3 Å². The second kappa shape index (κ2) is 7.37. The Labute approximate surface area is 136 Å². The Morgan fingerprint density at radius 2 is 2.30 bits per heavy atom. The second-order valence-electron chi connectivity index (χ2n) is 6.00. The second-order valence-corrected chi connectivity index (χ2v) is 6.00. The molecule has 3 heterocycles. The molecule has 0 radical (unpaired) electrons. The monoisotopic (exact) mass is 314 g/mol. The van der Waals surface area contributed by atoms with E-state index in [1.807, 2.05) is 21.9 Å². The van der Waals surface area contributed by atoms with E-state index < -0.39 is 0 Å². The van der Waals surface area contributed by atoms with E-state index >= 15 is 0 Å². The average Bonchev–Trinajstić information content (AvgIpc) is 3.17. The molecule has 1 aliphatic rings. The minimum absolute atomic E-state index is 0.226. The third-order valence-electron chi connectivity index (χ3n) is 4.17. The molecule has 1 unspecified atom stereocenters. The highest BCUT2D eigenvalue weighted by Gasteiger charge is 2.29. The number of carbonyl (C=O) groups excluding carboxylic acids is 1. The molecule has 1 saturated heterocycles. The Morgan fingerprint density at radius 3 is 3.00 bits per heavy atom. The van der Waals surface area contributed by atoms with Gasteiger partial charge in [-0.25, -0.2) is 4.98 Å². The number of likely N-dealkylation sites (tertiary alicyclic amines) is 1. The summed E-state index contributed by atoms with van der Waals surface area (Å²) in [6.45, 7) is 2.86. The summed E-state index contributed by atoms with van der Waals surface area (Å²) < 4.78 is 7.06. The lowest BCUT2D eigenvalue weighted by atomic mass is 10.0. The zero-order valence-electron chi connectivity index (χ0n) is 13.4. The van der Waals surface area contributed by atoms with Crippen molar-refractivity contribution in [3.63, 3.8) is 0 Å². The number of amides is 1. The smallest absolute Gasteiger partial charge is 0.223 e. The largest absolute Gasteiger partial charge is 0.383 e. The van der Waals surface area contributed by atoms with E-state index in [4.69, 9.17) is 4.74 Å². The molecule has 2 aromatic heterocycles. The van der Waals surface area contributed by atoms with Gasteiger partial charge < -0.3 is 14.2 Å². The van der Waals surface area contributed by atoms with Crippen molar-refractivity contribution in [1.29, 1.82) is 0 Å². The van der Waals surface area contributed by atoms with Crippen LogP contribution in [0.4, 0.5) is 0 Å². The molecule has 6 nitrogen and oxygen atoms in total. The number of carbonyl (C=O) groups is 1. The fraction of sp³-hybridized carbons (Fsp3) is 0.471. The SMILES string of the molecule is COCCN1CC(Cc2ccc(Cn3ccnc3)cn2)CC1=O. The number of hydrogen-bond donors (Lipinski definition) is 0. The molecule has 1 atom stereocenters. The number of rotatable bonds is 7. The van der Waals surface area contributed by atoms with Gasteiger partial charge in [-0.2, -0.15) is 0 Å². The van der Waals surface area contributed by atoms with Crippen molar-refractivity contribution in [3.8, 4) is 0 Å². The molecule has 6 heteroatoms. The molecule has 0 N–H and O–H groups in total. The molecule has 0 aliphatic carbocycles. The summed E-state index contributed by atoms with van der Waals surface area (Å²) >= 11 is 0. The van der Waals surface area contributed by atoms with Crippen LogP contribution in [0.2, 0.25) is 0 Å². The van der Waals surface area contributed by atoms with Gasteiger partial charge in [0.2, 0.25) is 5.91 Å². The predicted octanol–water partition coefficient (Wildman–Crippen LogP) is 1.36. The van der Waals surface area contributed by atoms with Crippen LogP contribution in [0.1, 0.15) is 17.7 Å². The number of nitrogens with zero attached hydrogens (tertiary/aromatic N) is 4. The van der Waals surface area contributed by atoms with E-state index in [1.165, 1.54) is 0 Å². The maximum atomic E-state index is 12.0. The van der Waals surface area contributed by atoms with Crippen LogP contribution in [0, 0.1) is 5.92 Å². The van der Waals surface area contributed by atoms with Crippen molar-refractivity contribution in [2.45, 2.75) is 19.4 Å². The molecule has 3 rings (SSSR count). The van der Waals surface area contributed by atoms with Crippen molar-refractivity contribution < 1.29 is 9.53 Å². The van der Waals surface area contributed by atoms with Gasteiger partial charge in [0.25, 0.3) is 0 Å². The third kappa shape index (κ3) is 4.16. The summed E-state index contributed by atoms with van der Waals surface area (Å²) in [5, 5.41) is 0. The van der Waals surface area contributed by atoms with E-state index in [0.717, 1.165) is 30.8 Å². The summed E-state index contributed by atoms with van der Waals surface area (Å²) in [5.74, 6) is 0.579. The van der Waals surface area contributed by atoms with Gasteiger partial charge in [0.1, 0.15) is 0 Å². The molecule has 1 fully saturated rings. The molecule has 1 amide bonds. The van der Waals surface area contributed by atoms with Crippen LogP contribution in [0.15, 0.2) is 37.1 Å². The fourth-order valence-electron chi connectivity index (χ4n) is 2.96. The first kappa shape index (κ1) is 15.7. The maximum Gasteiger partial charge on any atom is 0.223 e. The average molecular weight is 314 g/mol. The number of aromatic nitrogens is 3. The summed E-state index contributed by atoms with van der Waals surface area (Å²) in [7, 11) is 1.66. The van der Waals surface area contributed by atoms with Gasteiger partial charge in [0.15, 0.2) is 0 Å². The van der Waals surface area contributed by atoms with Crippen LogP contribution >= 0.6 is 0 Å². The number of hydrogen-bond acceptors (Lipinski definition) is 4. The van der Waals surface area contributed by atoms with Crippen molar-refractivity contribution in [1.82, 2.24) is 19.4 Å². The van der Waals surface area contributed by atoms with Gasteiger partial charge >= 0.3 is 0 Å². The minimum atomic E-state index is 0.226. The van der Waals surface area contributed by atoms with Crippen molar-refractivity contribution in [2.75, 3.05) is 26.8 Å². The van der Waals surface area contributed by atoms with Gasteiger partial charge in [-0.15, -0.1) is 0 Å². The first-order valence-corrected chi connectivity index (χ1v) is 7.91. The van der Waals surface area contributed by atoms with E-state index in [1.54, 1.807) is 19.6 Å². The standard InChI is InChI=1S/C17H22N4O2/c1-23-7-6-21-12-15(9-17(21)22)8-16-3-2-14(10-19-16)11-20-5-4-18-13-20/h2-5,10,13,15H,6-9,11-12H2,1H3.